The quantitative estimate of drug-likeness (QED) is 0.383. The van der Waals surface area contributed by atoms with E-state index in [2.05, 4.69) is 10.2 Å². The highest BCUT2D eigenvalue weighted by atomic mass is 32.2. The van der Waals surface area contributed by atoms with E-state index in [0.29, 0.717) is 22.8 Å². The molecule has 0 bridgehead atoms. The minimum absolute atomic E-state index is 0.0592. The van der Waals surface area contributed by atoms with Gasteiger partial charge in [-0.3, -0.25) is 4.79 Å². The van der Waals surface area contributed by atoms with Crippen LogP contribution in [-0.2, 0) is 16.1 Å². The summed E-state index contributed by atoms with van der Waals surface area (Å²) in [5.74, 6) is 1.37. The van der Waals surface area contributed by atoms with E-state index in [-0.39, 0.29) is 29.4 Å². The molecule has 0 fully saturated rings. The van der Waals surface area contributed by atoms with Crippen molar-refractivity contribution in [3.63, 3.8) is 0 Å². The number of hydrogen-bond donors (Lipinski definition) is 0. The van der Waals surface area contributed by atoms with Crippen LogP contribution in [0.2, 0.25) is 0 Å². The second-order valence-corrected chi connectivity index (χ2v) is 6.65. The van der Waals surface area contributed by atoms with E-state index in [1.54, 1.807) is 12.1 Å². The largest absolute Gasteiger partial charge is 0.493 e. The maximum Gasteiger partial charge on any atom is 0.316 e. The molecule has 0 saturated heterocycles. The standard InChI is InChI=1S/C20H20N2O6S/c1-24-15-9-14(10-16(25-2)18(15)26-3)19-21-22-20(28-19)29-12-17(23)27-11-13-7-5-4-6-8-13/h4-10H,11-12H2,1-3H3. The summed E-state index contributed by atoms with van der Waals surface area (Å²) in [5, 5.41) is 8.24. The Balaban J connectivity index is 1.62. The van der Waals surface area contributed by atoms with Crippen LogP contribution >= 0.6 is 11.8 Å². The van der Waals surface area contributed by atoms with Gasteiger partial charge in [-0.25, -0.2) is 0 Å². The Morgan fingerprint density at radius 2 is 1.69 bits per heavy atom. The number of esters is 1. The fourth-order valence-corrected chi connectivity index (χ4v) is 3.05. The number of thioether (sulfide) groups is 1. The van der Waals surface area contributed by atoms with Gasteiger partial charge in [0.2, 0.25) is 11.6 Å². The number of benzene rings is 2. The van der Waals surface area contributed by atoms with Crippen molar-refractivity contribution in [1.29, 1.82) is 0 Å². The Bertz CT molecular complexity index is 936. The Labute approximate surface area is 172 Å². The summed E-state index contributed by atoms with van der Waals surface area (Å²) in [7, 11) is 4.58. The zero-order valence-electron chi connectivity index (χ0n) is 16.2. The average Bonchev–Trinajstić information content (AvgIpc) is 3.25. The SMILES string of the molecule is COc1cc(-c2nnc(SCC(=O)OCc3ccccc3)o2)cc(OC)c1OC. The topological polar surface area (TPSA) is 92.9 Å². The van der Waals surface area contributed by atoms with Crippen LogP contribution < -0.4 is 14.2 Å². The van der Waals surface area contributed by atoms with E-state index in [0.717, 1.165) is 17.3 Å². The van der Waals surface area contributed by atoms with Gasteiger partial charge >= 0.3 is 5.97 Å². The number of rotatable bonds is 9. The molecule has 8 nitrogen and oxygen atoms in total. The highest BCUT2D eigenvalue weighted by Gasteiger charge is 2.18. The first-order valence-corrected chi connectivity index (χ1v) is 9.59. The molecular weight excluding hydrogens is 396 g/mol. The molecule has 1 heterocycles. The minimum atomic E-state index is -0.369. The molecule has 0 atom stereocenters. The highest BCUT2D eigenvalue weighted by molar-refractivity contribution is 7.99. The fourth-order valence-electron chi connectivity index (χ4n) is 2.49. The van der Waals surface area contributed by atoms with Crippen molar-refractivity contribution >= 4 is 17.7 Å². The molecule has 152 valence electrons. The Kier molecular flexibility index (Phi) is 6.96. The zero-order valence-corrected chi connectivity index (χ0v) is 17.0. The summed E-state index contributed by atoms with van der Waals surface area (Å²) >= 11 is 1.10. The first-order valence-electron chi connectivity index (χ1n) is 8.60. The molecule has 0 aliphatic heterocycles. The van der Waals surface area contributed by atoms with Crippen molar-refractivity contribution in [1.82, 2.24) is 10.2 Å². The predicted molar refractivity (Wildman–Crippen MR) is 106 cm³/mol. The smallest absolute Gasteiger partial charge is 0.316 e. The van der Waals surface area contributed by atoms with Gasteiger partial charge in [-0.1, -0.05) is 42.1 Å². The van der Waals surface area contributed by atoms with Crippen molar-refractivity contribution in [2.45, 2.75) is 11.8 Å². The van der Waals surface area contributed by atoms with Crippen LogP contribution in [0.25, 0.3) is 11.5 Å². The first kappa shape index (κ1) is 20.5. The molecule has 3 aromatic rings. The summed E-state index contributed by atoms with van der Waals surface area (Å²) < 4.78 is 26.8. The number of methoxy groups -OCH3 is 3. The molecule has 0 aliphatic carbocycles. The molecule has 1 aromatic heterocycles. The number of hydrogen-bond acceptors (Lipinski definition) is 9. The van der Waals surface area contributed by atoms with Crippen LogP contribution in [-0.4, -0.2) is 43.2 Å². The van der Waals surface area contributed by atoms with E-state index in [1.807, 2.05) is 30.3 Å². The van der Waals surface area contributed by atoms with Gasteiger partial charge in [0.25, 0.3) is 5.22 Å². The van der Waals surface area contributed by atoms with Crippen molar-refractivity contribution in [2.24, 2.45) is 0 Å². The lowest BCUT2D eigenvalue weighted by molar-refractivity contribution is -0.141. The molecule has 9 heteroatoms. The predicted octanol–water partition coefficient (Wildman–Crippen LogP) is 3.60. The summed E-state index contributed by atoms with van der Waals surface area (Å²) in [6.07, 6.45) is 0. The van der Waals surface area contributed by atoms with Crippen molar-refractivity contribution in [3.05, 3.63) is 48.0 Å². The van der Waals surface area contributed by atoms with Crippen molar-refractivity contribution < 1.29 is 28.2 Å². The maximum atomic E-state index is 11.9. The maximum absolute atomic E-state index is 11.9. The Morgan fingerprint density at radius 1 is 1.00 bits per heavy atom. The van der Waals surface area contributed by atoms with Gasteiger partial charge in [0.05, 0.1) is 21.3 Å². The molecule has 0 amide bonds. The summed E-state index contributed by atoms with van der Waals surface area (Å²) in [6.45, 7) is 0.223. The molecule has 2 aromatic carbocycles. The Morgan fingerprint density at radius 3 is 2.31 bits per heavy atom. The second kappa shape index (κ2) is 9.83. The lowest BCUT2D eigenvalue weighted by Gasteiger charge is -2.12. The molecule has 0 unspecified atom stereocenters. The van der Waals surface area contributed by atoms with Gasteiger partial charge in [0.15, 0.2) is 11.5 Å². The van der Waals surface area contributed by atoms with Crippen LogP contribution in [0.1, 0.15) is 5.56 Å². The molecule has 29 heavy (non-hydrogen) atoms. The second-order valence-electron chi connectivity index (χ2n) is 5.72. The molecule has 0 radical (unpaired) electrons. The van der Waals surface area contributed by atoms with Gasteiger partial charge < -0.3 is 23.4 Å². The Hall–Kier alpha value is -3.20. The van der Waals surface area contributed by atoms with Crippen LogP contribution in [0.15, 0.2) is 52.1 Å². The molecular formula is C20H20N2O6S. The number of ether oxygens (including phenoxy) is 4. The van der Waals surface area contributed by atoms with E-state index in [4.69, 9.17) is 23.4 Å². The molecule has 3 rings (SSSR count). The van der Waals surface area contributed by atoms with Gasteiger partial charge in [-0.2, -0.15) is 0 Å². The normalized spacial score (nSPS) is 10.4. The third-order valence-corrected chi connectivity index (χ3v) is 4.67. The van der Waals surface area contributed by atoms with Gasteiger partial charge in [0.1, 0.15) is 12.4 Å². The summed E-state index contributed by atoms with van der Waals surface area (Å²) in [6, 6.07) is 12.9. The monoisotopic (exact) mass is 416 g/mol. The van der Waals surface area contributed by atoms with E-state index < -0.39 is 0 Å². The fraction of sp³-hybridized carbons (Fsp3) is 0.250. The van der Waals surface area contributed by atoms with Crippen LogP contribution in [0.4, 0.5) is 0 Å². The third kappa shape index (κ3) is 5.20. The molecule has 0 aliphatic rings. The van der Waals surface area contributed by atoms with Crippen LogP contribution in [0.3, 0.4) is 0 Å². The van der Waals surface area contributed by atoms with Gasteiger partial charge in [-0.15, -0.1) is 10.2 Å². The molecule has 0 N–H and O–H groups in total. The summed E-state index contributed by atoms with van der Waals surface area (Å²) in [4.78, 5) is 11.9. The average molecular weight is 416 g/mol. The van der Waals surface area contributed by atoms with Gasteiger partial charge in [0, 0.05) is 5.56 Å². The number of nitrogens with zero attached hydrogens (tertiary/aromatic N) is 2. The first-order chi connectivity index (χ1) is 14.1. The molecule has 0 spiro atoms. The van der Waals surface area contributed by atoms with Crippen LogP contribution in [0, 0.1) is 0 Å². The summed E-state index contributed by atoms with van der Waals surface area (Å²) in [5.41, 5.74) is 1.53. The van der Waals surface area contributed by atoms with Crippen LogP contribution in [0.5, 0.6) is 17.2 Å². The lowest BCUT2D eigenvalue weighted by atomic mass is 10.2. The zero-order chi connectivity index (χ0) is 20.6. The lowest BCUT2D eigenvalue weighted by Crippen LogP contribution is -2.07. The van der Waals surface area contributed by atoms with Crippen molar-refractivity contribution in [2.75, 3.05) is 27.1 Å². The van der Waals surface area contributed by atoms with Crippen molar-refractivity contribution in [3.8, 4) is 28.7 Å². The van der Waals surface area contributed by atoms with Gasteiger partial charge in [-0.05, 0) is 17.7 Å². The number of carbonyl (C=O) groups is 1. The molecule has 0 saturated carbocycles. The number of carbonyl (C=O) groups excluding carboxylic acids is 1. The third-order valence-electron chi connectivity index (χ3n) is 3.87. The van der Waals surface area contributed by atoms with E-state index in [9.17, 15) is 4.79 Å². The minimum Gasteiger partial charge on any atom is -0.493 e. The van der Waals surface area contributed by atoms with E-state index in [1.165, 1.54) is 21.3 Å². The number of aromatic nitrogens is 2. The van der Waals surface area contributed by atoms with E-state index >= 15 is 0 Å². The highest BCUT2D eigenvalue weighted by Crippen LogP contribution is 2.41.